The summed E-state index contributed by atoms with van der Waals surface area (Å²) in [7, 11) is 1.61. The first-order chi connectivity index (χ1) is 12.4. The second-order valence-electron chi connectivity index (χ2n) is 5.84. The Kier molecular flexibility index (Phi) is 6.55. The van der Waals surface area contributed by atoms with Gasteiger partial charge in [0.1, 0.15) is 0 Å². The SMILES string of the molecule is C=N/C(=N\CCCC)c1cccc(N(C)c2ccccc2C(F)(F)F)c1. The molecule has 0 saturated heterocycles. The van der Waals surface area contributed by atoms with Gasteiger partial charge >= 0.3 is 6.18 Å². The Morgan fingerprint density at radius 3 is 2.50 bits per heavy atom. The van der Waals surface area contributed by atoms with Crippen molar-refractivity contribution in [2.75, 3.05) is 18.5 Å². The van der Waals surface area contributed by atoms with Crippen LogP contribution in [0.4, 0.5) is 24.5 Å². The van der Waals surface area contributed by atoms with E-state index in [-0.39, 0.29) is 5.69 Å². The second kappa shape index (κ2) is 8.65. The molecule has 2 aromatic carbocycles. The number of anilines is 2. The van der Waals surface area contributed by atoms with Crippen molar-refractivity contribution < 1.29 is 13.2 Å². The summed E-state index contributed by atoms with van der Waals surface area (Å²) >= 11 is 0. The standard InChI is InChI=1S/C20H22F3N3/c1-4-5-13-25-19(24-2)15-9-8-10-16(14-15)26(3)18-12-7-6-11-17(18)20(21,22)23/h6-12,14H,2,4-5,13H2,1,3H3/b25-19-. The number of unbranched alkanes of at least 4 members (excludes halogenated alkanes) is 1. The maximum Gasteiger partial charge on any atom is 0.418 e. The van der Waals surface area contributed by atoms with Gasteiger partial charge in [0.25, 0.3) is 0 Å². The molecule has 0 saturated carbocycles. The van der Waals surface area contributed by atoms with E-state index in [2.05, 4.69) is 23.6 Å². The number of nitrogens with zero attached hydrogens (tertiary/aromatic N) is 3. The highest BCUT2D eigenvalue weighted by atomic mass is 19.4. The van der Waals surface area contributed by atoms with Gasteiger partial charge in [-0.2, -0.15) is 13.2 Å². The van der Waals surface area contributed by atoms with Gasteiger partial charge in [0.2, 0.25) is 0 Å². The third kappa shape index (κ3) is 4.71. The molecule has 0 N–H and O–H groups in total. The van der Waals surface area contributed by atoms with Crippen molar-refractivity contribution in [3.63, 3.8) is 0 Å². The molecule has 0 atom stereocenters. The highest BCUT2D eigenvalue weighted by Crippen LogP contribution is 2.38. The van der Waals surface area contributed by atoms with E-state index in [4.69, 9.17) is 0 Å². The molecule has 2 aromatic rings. The smallest absolute Gasteiger partial charge is 0.344 e. The Balaban J connectivity index is 2.39. The number of para-hydroxylation sites is 1. The summed E-state index contributed by atoms with van der Waals surface area (Å²) in [6.07, 6.45) is -2.46. The minimum Gasteiger partial charge on any atom is -0.344 e. The summed E-state index contributed by atoms with van der Waals surface area (Å²) < 4.78 is 39.9. The van der Waals surface area contributed by atoms with Gasteiger partial charge in [0.05, 0.1) is 11.3 Å². The predicted molar refractivity (Wildman–Crippen MR) is 102 cm³/mol. The molecule has 0 radical (unpaired) electrons. The zero-order valence-corrected chi connectivity index (χ0v) is 14.9. The molecule has 0 aromatic heterocycles. The maximum atomic E-state index is 13.3. The second-order valence-corrected chi connectivity index (χ2v) is 5.84. The summed E-state index contributed by atoms with van der Waals surface area (Å²) in [6.45, 7) is 6.27. The number of aliphatic imine (C=N–C) groups is 2. The Hall–Kier alpha value is -2.63. The fourth-order valence-electron chi connectivity index (χ4n) is 2.57. The van der Waals surface area contributed by atoms with Crippen molar-refractivity contribution in [1.82, 2.24) is 0 Å². The van der Waals surface area contributed by atoms with Crippen LogP contribution in [0, 0.1) is 0 Å². The van der Waals surface area contributed by atoms with Gasteiger partial charge in [-0.15, -0.1) is 0 Å². The summed E-state index contributed by atoms with van der Waals surface area (Å²) in [5.74, 6) is 0.498. The first kappa shape index (κ1) is 19.7. The molecule has 0 fully saturated rings. The van der Waals surface area contributed by atoms with E-state index in [1.165, 1.54) is 17.0 Å². The van der Waals surface area contributed by atoms with Crippen LogP contribution in [-0.2, 0) is 6.18 Å². The molecule has 0 aliphatic rings. The number of benzene rings is 2. The van der Waals surface area contributed by atoms with E-state index in [0.29, 0.717) is 18.1 Å². The van der Waals surface area contributed by atoms with E-state index < -0.39 is 11.7 Å². The van der Waals surface area contributed by atoms with Crippen LogP contribution in [0.3, 0.4) is 0 Å². The van der Waals surface area contributed by atoms with Gasteiger partial charge in [-0.05, 0) is 37.4 Å². The van der Waals surface area contributed by atoms with Crippen molar-refractivity contribution in [2.24, 2.45) is 9.98 Å². The number of hydrogen-bond acceptors (Lipinski definition) is 2. The van der Waals surface area contributed by atoms with Crippen LogP contribution < -0.4 is 4.90 Å². The fraction of sp³-hybridized carbons (Fsp3) is 0.300. The summed E-state index contributed by atoms with van der Waals surface area (Å²) in [4.78, 5) is 9.90. The van der Waals surface area contributed by atoms with Crippen LogP contribution in [0.15, 0.2) is 58.5 Å². The molecule has 6 heteroatoms. The largest absolute Gasteiger partial charge is 0.418 e. The summed E-state index contributed by atoms with van der Waals surface area (Å²) in [6, 6.07) is 12.6. The van der Waals surface area contributed by atoms with E-state index in [9.17, 15) is 13.2 Å². The molecular weight excluding hydrogens is 339 g/mol. The highest BCUT2D eigenvalue weighted by molar-refractivity contribution is 6.02. The number of rotatable bonds is 6. The number of hydrogen-bond donors (Lipinski definition) is 0. The predicted octanol–water partition coefficient (Wildman–Crippen LogP) is 5.72. The summed E-state index contributed by atoms with van der Waals surface area (Å²) in [5, 5.41) is 0. The topological polar surface area (TPSA) is 28.0 Å². The van der Waals surface area contributed by atoms with Crippen LogP contribution in [0.1, 0.15) is 30.9 Å². The molecular formula is C20H22F3N3. The first-order valence-corrected chi connectivity index (χ1v) is 8.40. The quantitative estimate of drug-likeness (QED) is 0.367. The van der Waals surface area contributed by atoms with Gasteiger partial charge in [0.15, 0.2) is 5.84 Å². The first-order valence-electron chi connectivity index (χ1n) is 8.40. The van der Waals surface area contributed by atoms with Crippen molar-refractivity contribution in [3.8, 4) is 0 Å². The van der Waals surface area contributed by atoms with Crippen LogP contribution in [0.5, 0.6) is 0 Å². The van der Waals surface area contributed by atoms with E-state index in [0.717, 1.165) is 24.5 Å². The minimum atomic E-state index is -4.42. The van der Waals surface area contributed by atoms with Gasteiger partial charge < -0.3 is 4.90 Å². The zero-order valence-electron chi connectivity index (χ0n) is 14.9. The maximum absolute atomic E-state index is 13.3. The van der Waals surface area contributed by atoms with Crippen LogP contribution in [-0.4, -0.2) is 26.1 Å². The Morgan fingerprint density at radius 2 is 1.85 bits per heavy atom. The molecule has 2 rings (SSSR count). The molecule has 0 amide bonds. The van der Waals surface area contributed by atoms with Gasteiger partial charge in [-0.3, -0.25) is 4.99 Å². The lowest BCUT2D eigenvalue weighted by Crippen LogP contribution is -2.16. The van der Waals surface area contributed by atoms with Crippen molar-refractivity contribution >= 4 is 23.9 Å². The van der Waals surface area contributed by atoms with Crippen LogP contribution in [0.2, 0.25) is 0 Å². The molecule has 0 aliphatic heterocycles. The summed E-state index contributed by atoms with van der Waals surface area (Å²) in [5.41, 5.74) is 0.760. The van der Waals surface area contributed by atoms with Gasteiger partial charge in [-0.25, -0.2) is 4.99 Å². The molecule has 0 heterocycles. The fourth-order valence-corrected chi connectivity index (χ4v) is 2.57. The number of halogens is 3. The monoisotopic (exact) mass is 361 g/mol. The number of amidine groups is 1. The van der Waals surface area contributed by atoms with Crippen molar-refractivity contribution in [2.45, 2.75) is 25.9 Å². The Bertz CT molecular complexity index is 782. The lowest BCUT2D eigenvalue weighted by molar-refractivity contribution is -0.137. The van der Waals surface area contributed by atoms with Crippen molar-refractivity contribution in [3.05, 3.63) is 59.7 Å². The lowest BCUT2D eigenvalue weighted by atomic mass is 10.1. The molecule has 138 valence electrons. The molecule has 26 heavy (non-hydrogen) atoms. The molecule has 3 nitrogen and oxygen atoms in total. The molecule has 0 aliphatic carbocycles. The molecule has 0 bridgehead atoms. The zero-order chi connectivity index (χ0) is 19.2. The number of alkyl halides is 3. The van der Waals surface area contributed by atoms with E-state index >= 15 is 0 Å². The van der Waals surface area contributed by atoms with E-state index in [1.807, 2.05) is 6.07 Å². The minimum absolute atomic E-state index is 0.0909. The third-order valence-electron chi connectivity index (χ3n) is 3.99. The molecule has 0 spiro atoms. The highest BCUT2D eigenvalue weighted by Gasteiger charge is 2.34. The normalized spacial score (nSPS) is 12.1. The van der Waals surface area contributed by atoms with Gasteiger partial charge in [0, 0.05) is 24.8 Å². The van der Waals surface area contributed by atoms with Crippen LogP contribution in [0.25, 0.3) is 0 Å². The van der Waals surface area contributed by atoms with E-state index in [1.54, 1.807) is 31.3 Å². The van der Waals surface area contributed by atoms with Crippen molar-refractivity contribution in [1.29, 1.82) is 0 Å². The molecule has 0 unspecified atom stereocenters. The third-order valence-corrected chi connectivity index (χ3v) is 3.99. The average molecular weight is 361 g/mol. The lowest BCUT2D eigenvalue weighted by Gasteiger charge is -2.24. The van der Waals surface area contributed by atoms with Gasteiger partial charge in [-0.1, -0.05) is 37.6 Å². The average Bonchev–Trinajstić information content (AvgIpc) is 2.64. The Labute approximate surface area is 151 Å². The van der Waals surface area contributed by atoms with Crippen LogP contribution >= 0.6 is 0 Å². The Morgan fingerprint density at radius 1 is 1.12 bits per heavy atom.